The third kappa shape index (κ3) is 2.44. The number of hydrogen-bond acceptors (Lipinski definition) is 4. The van der Waals surface area contributed by atoms with Crippen molar-refractivity contribution in [3.8, 4) is 6.07 Å². The normalized spacial score (nSPS) is 12.6. The number of allylic oxidation sites excluding steroid dienone is 1. The highest BCUT2D eigenvalue weighted by molar-refractivity contribution is 9.10. The second-order valence-electron chi connectivity index (χ2n) is 3.65. The van der Waals surface area contributed by atoms with Gasteiger partial charge in [0.15, 0.2) is 9.84 Å². The van der Waals surface area contributed by atoms with Crippen LogP contribution < -0.4 is 0 Å². The monoisotopic (exact) mass is 325 g/mol. The molecule has 0 saturated heterocycles. The molecule has 0 aliphatic rings. The van der Waals surface area contributed by atoms with Crippen molar-refractivity contribution in [1.82, 2.24) is 9.38 Å². The number of nitrogens with zero attached hydrogens (tertiary/aromatic N) is 3. The van der Waals surface area contributed by atoms with Crippen LogP contribution in [-0.2, 0) is 9.84 Å². The van der Waals surface area contributed by atoms with Crippen LogP contribution in [0.5, 0.6) is 0 Å². The van der Waals surface area contributed by atoms with Gasteiger partial charge in [0.1, 0.15) is 16.6 Å². The van der Waals surface area contributed by atoms with E-state index in [4.69, 9.17) is 5.26 Å². The van der Waals surface area contributed by atoms with E-state index >= 15 is 0 Å². The third-order valence-corrected chi connectivity index (χ3v) is 3.76. The molecule has 5 nitrogen and oxygen atoms in total. The molecule has 0 fully saturated rings. The molecule has 2 heterocycles. The van der Waals surface area contributed by atoms with Crippen LogP contribution in [0.3, 0.4) is 0 Å². The number of imidazole rings is 1. The Kier molecular flexibility index (Phi) is 3.24. The summed E-state index contributed by atoms with van der Waals surface area (Å²) in [4.78, 5) is 3.83. The standard InChI is InChI=1S/C11H8BrN3O2S/c1-18(16,17)10(5-13)4-9-6-14-11-3-2-8(12)7-15(9)11/h2-4,6-7H,1H3/b10-4-. The zero-order valence-electron chi connectivity index (χ0n) is 9.33. The van der Waals surface area contributed by atoms with Gasteiger partial charge in [0.25, 0.3) is 0 Å². The molecular formula is C11H8BrN3O2S. The topological polar surface area (TPSA) is 75.2 Å². The molecule has 2 rings (SSSR count). The first-order chi connectivity index (χ1) is 8.41. The Bertz CT molecular complexity index is 784. The fourth-order valence-electron chi connectivity index (χ4n) is 1.44. The lowest BCUT2D eigenvalue weighted by atomic mass is 10.4. The molecule has 7 heteroatoms. The maximum Gasteiger partial charge on any atom is 0.185 e. The summed E-state index contributed by atoms with van der Waals surface area (Å²) >= 11 is 3.32. The van der Waals surface area contributed by atoms with Gasteiger partial charge in [-0.15, -0.1) is 0 Å². The van der Waals surface area contributed by atoms with E-state index in [0.29, 0.717) is 11.3 Å². The van der Waals surface area contributed by atoms with Crippen molar-refractivity contribution in [1.29, 1.82) is 5.26 Å². The van der Waals surface area contributed by atoms with Crippen molar-refractivity contribution in [2.75, 3.05) is 6.26 Å². The number of fused-ring (bicyclic) bond motifs is 1. The molecular weight excluding hydrogens is 318 g/mol. The molecule has 0 amide bonds. The molecule has 18 heavy (non-hydrogen) atoms. The summed E-state index contributed by atoms with van der Waals surface area (Å²) < 4.78 is 25.3. The zero-order chi connectivity index (χ0) is 13.3. The summed E-state index contributed by atoms with van der Waals surface area (Å²) in [6.07, 6.45) is 5.58. The van der Waals surface area contributed by atoms with E-state index in [1.165, 1.54) is 12.3 Å². The molecule has 2 aromatic rings. The van der Waals surface area contributed by atoms with Crippen molar-refractivity contribution in [3.05, 3.63) is 39.6 Å². The van der Waals surface area contributed by atoms with Gasteiger partial charge in [0, 0.05) is 16.9 Å². The van der Waals surface area contributed by atoms with Gasteiger partial charge in [-0.3, -0.25) is 4.40 Å². The first kappa shape index (κ1) is 12.8. The third-order valence-electron chi connectivity index (χ3n) is 2.29. The molecule has 0 spiro atoms. The number of halogens is 1. The molecule has 0 bridgehead atoms. The van der Waals surface area contributed by atoms with Crippen molar-refractivity contribution in [3.63, 3.8) is 0 Å². The number of hydrogen-bond donors (Lipinski definition) is 0. The Hall–Kier alpha value is -1.65. The van der Waals surface area contributed by atoms with E-state index in [9.17, 15) is 8.42 Å². The predicted molar refractivity (Wildman–Crippen MR) is 71.3 cm³/mol. The van der Waals surface area contributed by atoms with Crippen LogP contribution in [0.2, 0.25) is 0 Å². The van der Waals surface area contributed by atoms with E-state index in [2.05, 4.69) is 20.9 Å². The van der Waals surface area contributed by atoms with Crippen molar-refractivity contribution < 1.29 is 8.42 Å². The van der Waals surface area contributed by atoms with Gasteiger partial charge in [0.2, 0.25) is 0 Å². The number of nitriles is 1. The lowest BCUT2D eigenvalue weighted by Gasteiger charge is -1.98. The van der Waals surface area contributed by atoms with E-state index in [1.807, 2.05) is 6.07 Å². The Balaban J connectivity index is 2.66. The maximum atomic E-state index is 11.4. The summed E-state index contributed by atoms with van der Waals surface area (Å²) in [7, 11) is -3.52. The minimum absolute atomic E-state index is 0.288. The van der Waals surface area contributed by atoms with Gasteiger partial charge in [-0.25, -0.2) is 13.4 Å². The lowest BCUT2D eigenvalue weighted by molar-refractivity contribution is 0.609. The number of aromatic nitrogens is 2. The number of rotatable bonds is 2. The van der Waals surface area contributed by atoms with E-state index < -0.39 is 9.84 Å². The molecule has 0 N–H and O–H groups in total. The summed E-state index contributed by atoms with van der Waals surface area (Å²) in [5, 5.41) is 8.85. The molecule has 0 aromatic carbocycles. The largest absolute Gasteiger partial charge is 0.299 e. The molecule has 92 valence electrons. The minimum atomic E-state index is -3.52. The van der Waals surface area contributed by atoms with Crippen LogP contribution in [0, 0.1) is 11.3 Å². The fraction of sp³-hybridized carbons (Fsp3) is 0.0909. The lowest BCUT2D eigenvalue weighted by Crippen LogP contribution is -1.99. The van der Waals surface area contributed by atoms with E-state index in [-0.39, 0.29) is 4.91 Å². The minimum Gasteiger partial charge on any atom is -0.299 e. The number of pyridine rings is 1. The van der Waals surface area contributed by atoms with Crippen LogP contribution in [0.25, 0.3) is 11.7 Å². The highest BCUT2D eigenvalue weighted by atomic mass is 79.9. The summed E-state index contributed by atoms with van der Waals surface area (Å²) in [6.45, 7) is 0. The highest BCUT2D eigenvalue weighted by Crippen LogP contribution is 2.16. The van der Waals surface area contributed by atoms with Gasteiger partial charge >= 0.3 is 0 Å². The first-order valence-corrected chi connectivity index (χ1v) is 7.55. The van der Waals surface area contributed by atoms with Crippen molar-refractivity contribution in [2.24, 2.45) is 0 Å². The van der Waals surface area contributed by atoms with Gasteiger partial charge < -0.3 is 0 Å². The average Bonchev–Trinajstić information content (AvgIpc) is 2.66. The molecule has 0 aliphatic heterocycles. The Morgan fingerprint density at radius 3 is 2.89 bits per heavy atom. The molecule has 0 radical (unpaired) electrons. The van der Waals surface area contributed by atoms with E-state index in [1.54, 1.807) is 22.7 Å². The zero-order valence-corrected chi connectivity index (χ0v) is 11.7. The Morgan fingerprint density at radius 1 is 1.56 bits per heavy atom. The predicted octanol–water partition coefficient (Wildman–Crippen LogP) is 2.01. The van der Waals surface area contributed by atoms with Gasteiger partial charge in [0.05, 0.1) is 11.9 Å². The second kappa shape index (κ2) is 4.55. The van der Waals surface area contributed by atoms with Crippen LogP contribution in [0.1, 0.15) is 5.69 Å². The van der Waals surface area contributed by atoms with Crippen molar-refractivity contribution in [2.45, 2.75) is 0 Å². The molecule has 0 unspecified atom stereocenters. The van der Waals surface area contributed by atoms with Crippen LogP contribution in [-0.4, -0.2) is 24.1 Å². The second-order valence-corrected chi connectivity index (χ2v) is 6.55. The van der Waals surface area contributed by atoms with Gasteiger partial charge in [-0.05, 0) is 34.1 Å². The summed E-state index contributed by atoms with van der Waals surface area (Å²) in [5.41, 5.74) is 1.21. The fourth-order valence-corrected chi connectivity index (χ4v) is 2.27. The Morgan fingerprint density at radius 2 is 2.28 bits per heavy atom. The average molecular weight is 326 g/mol. The quantitative estimate of drug-likeness (QED) is 0.791. The van der Waals surface area contributed by atoms with Gasteiger partial charge in [-0.1, -0.05) is 0 Å². The Labute approximate surface area is 112 Å². The number of sulfone groups is 1. The van der Waals surface area contributed by atoms with E-state index in [0.717, 1.165) is 10.7 Å². The van der Waals surface area contributed by atoms with Crippen LogP contribution >= 0.6 is 15.9 Å². The first-order valence-electron chi connectivity index (χ1n) is 4.86. The summed E-state index contributed by atoms with van der Waals surface area (Å²) in [6, 6.07) is 5.30. The highest BCUT2D eigenvalue weighted by Gasteiger charge is 2.12. The molecule has 0 atom stereocenters. The smallest absolute Gasteiger partial charge is 0.185 e. The molecule has 0 aliphatic carbocycles. The van der Waals surface area contributed by atoms with Crippen LogP contribution in [0.4, 0.5) is 0 Å². The SMILES string of the molecule is CS(=O)(=O)/C(C#N)=C\c1cnc2ccc(Br)cn12. The molecule has 2 aromatic heterocycles. The molecule has 0 saturated carbocycles. The van der Waals surface area contributed by atoms with Crippen LogP contribution in [0.15, 0.2) is 33.9 Å². The maximum absolute atomic E-state index is 11.4. The summed E-state index contributed by atoms with van der Waals surface area (Å²) in [5.74, 6) is 0. The van der Waals surface area contributed by atoms with Gasteiger partial charge in [-0.2, -0.15) is 5.26 Å². The van der Waals surface area contributed by atoms with Crippen molar-refractivity contribution >= 4 is 37.5 Å².